The Balaban J connectivity index is 2.68. The quantitative estimate of drug-likeness (QED) is 0.134. The maximum atomic E-state index is 12.3. The number of ether oxygens (including phenoxy) is 6. The van der Waals surface area contributed by atoms with Crippen molar-refractivity contribution >= 4 is 12.1 Å². The molecule has 0 aliphatic carbocycles. The summed E-state index contributed by atoms with van der Waals surface area (Å²) in [5.74, 6) is -0.188. The lowest BCUT2D eigenvalue weighted by atomic mass is 10.0. The summed E-state index contributed by atoms with van der Waals surface area (Å²) < 4.78 is 32.5. The summed E-state index contributed by atoms with van der Waals surface area (Å²) in [5, 5.41) is 0. The molecule has 1 heterocycles. The maximum absolute atomic E-state index is 12.3. The number of allylic oxidation sites excluding steroid dienone is 3. The first-order chi connectivity index (χ1) is 17.2. The van der Waals surface area contributed by atoms with Gasteiger partial charge in [0.05, 0.1) is 13.2 Å². The molecule has 1 aliphatic heterocycles. The van der Waals surface area contributed by atoms with Gasteiger partial charge in [-0.05, 0) is 52.5 Å². The van der Waals surface area contributed by atoms with Crippen molar-refractivity contribution in [3.05, 3.63) is 36.5 Å². The molecule has 1 saturated heterocycles. The molecular weight excluding hydrogens is 464 g/mol. The molecule has 0 spiro atoms. The van der Waals surface area contributed by atoms with Crippen molar-refractivity contribution in [2.75, 3.05) is 14.2 Å². The van der Waals surface area contributed by atoms with Crippen LogP contribution in [0.1, 0.15) is 85.5 Å². The third-order valence-electron chi connectivity index (χ3n) is 5.31. The molecule has 0 aromatic carbocycles. The maximum Gasteiger partial charge on any atom is 0.509 e. The minimum Gasteiger partial charge on any atom is -0.469 e. The first-order valence-corrected chi connectivity index (χ1v) is 13.0. The monoisotopic (exact) mass is 510 g/mol. The Kier molecular flexibility index (Phi) is 16.1. The second-order valence-corrected chi connectivity index (χ2v) is 9.68. The Bertz CT molecular complexity index is 707. The Hall–Kier alpha value is -2.16. The van der Waals surface area contributed by atoms with Gasteiger partial charge in [-0.25, -0.2) is 4.79 Å². The molecule has 206 valence electrons. The normalized spacial score (nSPS) is 21.4. The Morgan fingerprint density at radius 2 is 1.75 bits per heavy atom. The molecule has 0 aromatic rings. The van der Waals surface area contributed by atoms with Crippen LogP contribution in [0.3, 0.4) is 0 Å². The average molecular weight is 511 g/mol. The van der Waals surface area contributed by atoms with Gasteiger partial charge < -0.3 is 28.4 Å². The van der Waals surface area contributed by atoms with Crippen molar-refractivity contribution in [2.45, 2.75) is 116 Å². The van der Waals surface area contributed by atoms with E-state index in [0.717, 1.165) is 44.9 Å². The van der Waals surface area contributed by atoms with Crippen LogP contribution in [0.5, 0.6) is 0 Å². The molecule has 0 radical (unpaired) electrons. The second-order valence-electron chi connectivity index (χ2n) is 9.68. The molecule has 8 heteroatoms. The zero-order valence-corrected chi connectivity index (χ0v) is 22.9. The molecule has 0 unspecified atom stereocenters. The van der Waals surface area contributed by atoms with E-state index < -0.39 is 24.3 Å². The van der Waals surface area contributed by atoms with Gasteiger partial charge in [0.15, 0.2) is 0 Å². The van der Waals surface area contributed by atoms with Crippen molar-refractivity contribution < 1.29 is 38.0 Å². The molecule has 0 saturated carbocycles. The van der Waals surface area contributed by atoms with Crippen LogP contribution < -0.4 is 0 Å². The highest BCUT2D eigenvalue weighted by molar-refractivity contribution is 5.69. The topological polar surface area (TPSA) is 89.5 Å². The van der Waals surface area contributed by atoms with Crippen molar-refractivity contribution in [1.29, 1.82) is 0 Å². The van der Waals surface area contributed by atoms with E-state index in [0.29, 0.717) is 12.8 Å². The summed E-state index contributed by atoms with van der Waals surface area (Å²) in [6.45, 7) is 6.86. The van der Waals surface area contributed by atoms with Crippen molar-refractivity contribution in [3.8, 4) is 0 Å². The summed E-state index contributed by atoms with van der Waals surface area (Å²) in [7, 11) is 2.95. The molecular formula is C28H46O8. The lowest BCUT2D eigenvalue weighted by Gasteiger charge is -2.21. The molecule has 0 amide bonds. The summed E-state index contributed by atoms with van der Waals surface area (Å²) in [6, 6.07) is 0. The molecule has 1 fully saturated rings. The number of esters is 1. The molecule has 4 atom stereocenters. The van der Waals surface area contributed by atoms with E-state index in [2.05, 4.69) is 11.7 Å². The number of carbonyl (C=O) groups excluding carboxylic acids is 2. The van der Waals surface area contributed by atoms with Crippen molar-refractivity contribution in [3.63, 3.8) is 0 Å². The fourth-order valence-electron chi connectivity index (χ4n) is 3.46. The van der Waals surface area contributed by atoms with Crippen LogP contribution in [0.15, 0.2) is 36.5 Å². The molecule has 1 rings (SSSR count). The van der Waals surface area contributed by atoms with Gasteiger partial charge in [-0.15, -0.1) is 0 Å². The zero-order chi connectivity index (χ0) is 26.8. The predicted octanol–water partition coefficient (Wildman–Crippen LogP) is 6.39. The van der Waals surface area contributed by atoms with Gasteiger partial charge in [0.25, 0.3) is 6.48 Å². The van der Waals surface area contributed by atoms with Gasteiger partial charge in [0, 0.05) is 20.0 Å². The van der Waals surface area contributed by atoms with Crippen LogP contribution in [0.4, 0.5) is 4.79 Å². The number of hydrogen-bond acceptors (Lipinski definition) is 8. The van der Waals surface area contributed by atoms with Gasteiger partial charge in [-0.2, -0.15) is 0 Å². The van der Waals surface area contributed by atoms with Crippen molar-refractivity contribution in [2.24, 2.45) is 0 Å². The Labute approximate surface area is 217 Å². The molecule has 0 aromatic heterocycles. The third-order valence-corrected chi connectivity index (χ3v) is 5.31. The molecule has 36 heavy (non-hydrogen) atoms. The molecule has 0 bridgehead atoms. The van der Waals surface area contributed by atoms with Crippen molar-refractivity contribution in [1.82, 2.24) is 0 Å². The predicted molar refractivity (Wildman–Crippen MR) is 138 cm³/mol. The van der Waals surface area contributed by atoms with E-state index in [1.807, 2.05) is 36.5 Å². The molecule has 8 nitrogen and oxygen atoms in total. The summed E-state index contributed by atoms with van der Waals surface area (Å²) in [4.78, 5) is 23.4. The van der Waals surface area contributed by atoms with Gasteiger partial charge in [-0.3, -0.25) is 4.79 Å². The lowest BCUT2D eigenvalue weighted by Crippen LogP contribution is -2.27. The molecule has 0 N–H and O–H groups in total. The average Bonchev–Trinajstić information content (AvgIpc) is 3.22. The van der Waals surface area contributed by atoms with E-state index in [4.69, 9.17) is 23.7 Å². The SMILES string of the molecule is CCCCC[C@@H]1O[C@@H](OC)O[C@@H]1/C=C/[C@@H](C/C=C\C/C=C\CCCC(=O)OC)OC(=O)OC(C)(C)C. The zero-order valence-electron chi connectivity index (χ0n) is 22.9. The summed E-state index contributed by atoms with van der Waals surface area (Å²) >= 11 is 0. The van der Waals surface area contributed by atoms with Crippen LogP contribution in [-0.4, -0.2) is 56.7 Å². The van der Waals surface area contributed by atoms with Gasteiger partial charge in [-0.1, -0.05) is 56.6 Å². The first kappa shape index (κ1) is 31.9. The number of hydrogen-bond donors (Lipinski definition) is 0. The van der Waals surface area contributed by atoms with E-state index in [-0.39, 0.29) is 18.2 Å². The number of rotatable bonds is 16. The van der Waals surface area contributed by atoms with Crippen LogP contribution in [0.2, 0.25) is 0 Å². The van der Waals surface area contributed by atoms with E-state index in [9.17, 15) is 9.59 Å². The van der Waals surface area contributed by atoms with Crippen LogP contribution >= 0.6 is 0 Å². The smallest absolute Gasteiger partial charge is 0.469 e. The highest BCUT2D eigenvalue weighted by Crippen LogP contribution is 2.25. The summed E-state index contributed by atoms with van der Waals surface area (Å²) in [6.07, 6.45) is 17.6. The van der Waals surface area contributed by atoms with Gasteiger partial charge in [0.1, 0.15) is 17.8 Å². The fourth-order valence-corrected chi connectivity index (χ4v) is 3.46. The number of methoxy groups -OCH3 is 2. The minimum absolute atomic E-state index is 0.111. The second kappa shape index (κ2) is 18.1. The largest absolute Gasteiger partial charge is 0.509 e. The van der Waals surface area contributed by atoms with Crippen LogP contribution in [-0.2, 0) is 33.2 Å². The Morgan fingerprint density at radius 1 is 1.00 bits per heavy atom. The fraction of sp³-hybridized carbons (Fsp3) is 0.714. The van der Waals surface area contributed by atoms with Gasteiger partial charge in [0.2, 0.25) is 0 Å². The van der Waals surface area contributed by atoms with E-state index in [1.165, 1.54) is 7.11 Å². The number of carbonyl (C=O) groups is 2. The minimum atomic E-state index is -0.714. The van der Waals surface area contributed by atoms with Gasteiger partial charge >= 0.3 is 12.1 Å². The van der Waals surface area contributed by atoms with Crippen LogP contribution in [0.25, 0.3) is 0 Å². The first-order valence-electron chi connectivity index (χ1n) is 13.0. The van der Waals surface area contributed by atoms with E-state index in [1.54, 1.807) is 27.9 Å². The summed E-state index contributed by atoms with van der Waals surface area (Å²) in [5.41, 5.74) is -0.641. The number of unbranched alkanes of at least 4 members (excludes halogenated alkanes) is 3. The Morgan fingerprint density at radius 3 is 2.42 bits per heavy atom. The third kappa shape index (κ3) is 15.1. The van der Waals surface area contributed by atoms with Crippen LogP contribution in [0, 0.1) is 0 Å². The lowest BCUT2D eigenvalue weighted by molar-refractivity contribution is -0.226. The highest BCUT2D eigenvalue weighted by atomic mass is 16.9. The van der Waals surface area contributed by atoms with E-state index >= 15 is 0 Å². The standard InChI is InChI=1S/C28H46O8/c1-7-8-14-18-23-24(35-27(32-6)34-23)21-20-22(33-26(30)36-28(2,3)4)17-15-12-10-9-11-13-16-19-25(29)31-5/h9,11-12,15,20-24,27H,7-8,10,13-14,16-19H2,1-6H3/b11-9-,15-12-,21-20+/t22-,23+,24-,27-/m1/s1. The highest BCUT2D eigenvalue weighted by Gasteiger charge is 2.34. The molecule has 1 aliphatic rings.